The lowest BCUT2D eigenvalue weighted by Crippen LogP contribution is -2.21. The molecule has 2 N–H and O–H groups in total. The number of fused-ring (bicyclic) bond motifs is 2. The first-order valence-corrected chi connectivity index (χ1v) is 5.52. The van der Waals surface area contributed by atoms with Crippen molar-refractivity contribution in [3.05, 3.63) is 0 Å². The highest BCUT2D eigenvalue weighted by atomic mass is 16.5. The molecule has 0 amide bonds. The van der Waals surface area contributed by atoms with Gasteiger partial charge in [0.25, 0.3) is 0 Å². The third-order valence-corrected chi connectivity index (χ3v) is 4.61. The summed E-state index contributed by atoms with van der Waals surface area (Å²) in [6.45, 7) is 4.60. The van der Waals surface area contributed by atoms with Gasteiger partial charge in [-0.05, 0) is 36.5 Å². The second-order valence-electron chi connectivity index (χ2n) is 5.65. The van der Waals surface area contributed by atoms with Crippen LogP contribution in [0, 0.1) is 17.3 Å². The smallest absolute Gasteiger partial charge is 0.0612 e. The summed E-state index contributed by atoms with van der Waals surface area (Å²) in [7, 11) is 0. The Balaban J connectivity index is 1.75. The zero-order chi connectivity index (χ0) is 9.22. The van der Waals surface area contributed by atoms with Crippen LogP contribution in [0.1, 0.15) is 33.1 Å². The Morgan fingerprint density at radius 3 is 2.38 bits per heavy atom. The molecule has 2 bridgehead atoms. The second-order valence-corrected chi connectivity index (χ2v) is 5.65. The van der Waals surface area contributed by atoms with Gasteiger partial charge in [-0.25, -0.2) is 0 Å². The summed E-state index contributed by atoms with van der Waals surface area (Å²) in [5.41, 5.74) is 6.49. The maximum atomic E-state index is 6.10. The Labute approximate surface area is 79.8 Å². The molecule has 2 heterocycles. The fourth-order valence-electron chi connectivity index (χ4n) is 3.59. The Kier molecular flexibility index (Phi) is 1.45. The fourth-order valence-corrected chi connectivity index (χ4v) is 3.59. The van der Waals surface area contributed by atoms with E-state index in [-0.39, 0.29) is 0 Å². The van der Waals surface area contributed by atoms with Gasteiger partial charge in [0, 0.05) is 6.04 Å². The minimum Gasteiger partial charge on any atom is -0.375 e. The zero-order valence-electron chi connectivity index (χ0n) is 8.49. The van der Waals surface area contributed by atoms with E-state index >= 15 is 0 Å². The topological polar surface area (TPSA) is 35.2 Å². The van der Waals surface area contributed by atoms with Crippen molar-refractivity contribution in [1.82, 2.24) is 0 Å². The van der Waals surface area contributed by atoms with E-state index in [1.807, 2.05) is 0 Å². The highest BCUT2D eigenvalue weighted by molar-refractivity contribution is 5.14. The summed E-state index contributed by atoms with van der Waals surface area (Å²) in [5, 5.41) is 0. The molecule has 0 aromatic carbocycles. The monoisotopic (exact) mass is 181 g/mol. The van der Waals surface area contributed by atoms with Gasteiger partial charge in [-0.2, -0.15) is 0 Å². The molecule has 0 spiro atoms. The molecule has 13 heavy (non-hydrogen) atoms. The van der Waals surface area contributed by atoms with Crippen LogP contribution in [0.25, 0.3) is 0 Å². The predicted octanol–water partition coefficient (Wildman–Crippen LogP) is 1.54. The van der Waals surface area contributed by atoms with Crippen molar-refractivity contribution >= 4 is 0 Å². The standard InChI is InChI=1S/C11H19NO/c1-11(2)9(10(11)12)7-5-6-3-4-8(7)13-6/h6-10H,3-5,12H2,1-2H3/t6?,7?,8?,9-,10-/m0/s1. The van der Waals surface area contributed by atoms with E-state index in [1.54, 1.807) is 0 Å². The second kappa shape index (κ2) is 2.29. The van der Waals surface area contributed by atoms with E-state index in [4.69, 9.17) is 10.5 Å². The lowest BCUT2D eigenvalue weighted by Gasteiger charge is -2.19. The van der Waals surface area contributed by atoms with Crippen molar-refractivity contribution in [2.75, 3.05) is 0 Å². The summed E-state index contributed by atoms with van der Waals surface area (Å²) in [5.74, 6) is 1.52. The van der Waals surface area contributed by atoms with Crippen LogP contribution in [-0.4, -0.2) is 18.2 Å². The lowest BCUT2D eigenvalue weighted by molar-refractivity contribution is 0.0869. The normalized spacial score (nSPS) is 57.0. The zero-order valence-corrected chi connectivity index (χ0v) is 8.49. The summed E-state index contributed by atoms with van der Waals surface area (Å²) in [6, 6.07) is 0.431. The number of nitrogens with two attached hydrogens (primary N) is 1. The van der Waals surface area contributed by atoms with Gasteiger partial charge < -0.3 is 10.5 Å². The SMILES string of the molecule is CC1(C)[C@@H](N)[C@@H]1C1CC2CCC1O2. The largest absolute Gasteiger partial charge is 0.375 e. The quantitative estimate of drug-likeness (QED) is 0.666. The van der Waals surface area contributed by atoms with Crippen LogP contribution in [0.3, 0.4) is 0 Å². The Hall–Kier alpha value is -0.0800. The van der Waals surface area contributed by atoms with E-state index in [9.17, 15) is 0 Å². The van der Waals surface area contributed by atoms with E-state index in [2.05, 4.69) is 13.8 Å². The van der Waals surface area contributed by atoms with Crippen LogP contribution in [-0.2, 0) is 4.74 Å². The summed E-state index contributed by atoms with van der Waals surface area (Å²) < 4.78 is 5.87. The maximum Gasteiger partial charge on any atom is 0.0612 e. The van der Waals surface area contributed by atoms with Gasteiger partial charge in [0.1, 0.15) is 0 Å². The minimum absolute atomic E-state index is 0.387. The van der Waals surface area contributed by atoms with Gasteiger partial charge in [0.05, 0.1) is 12.2 Å². The molecule has 0 aromatic heterocycles. The van der Waals surface area contributed by atoms with Crippen molar-refractivity contribution in [1.29, 1.82) is 0 Å². The Morgan fingerprint density at radius 2 is 2.00 bits per heavy atom. The number of ether oxygens (including phenoxy) is 1. The molecule has 0 aromatic rings. The molecular weight excluding hydrogens is 162 g/mol. The van der Waals surface area contributed by atoms with Crippen LogP contribution >= 0.6 is 0 Å². The molecule has 2 aliphatic heterocycles. The van der Waals surface area contributed by atoms with E-state index in [0.29, 0.717) is 23.7 Å². The van der Waals surface area contributed by atoms with Gasteiger partial charge in [-0.15, -0.1) is 0 Å². The number of hydrogen-bond donors (Lipinski definition) is 1. The molecule has 74 valence electrons. The van der Waals surface area contributed by atoms with Crippen LogP contribution in [0.4, 0.5) is 0 Å². The van der Waals surface area contributed by atoms with Gasteiger partial charge in [0.2, 0.25) is 0 Å². The summed E-state index contributed by atoms with van der Waals surface area (Å²) >= 11 is 0. The van der Waals surface area contributed by atoms with Crippen molar-refractivity contribution < 1.29 is 4.74 Å². The average molecular weight is 181 g/mol. The molecule has 2 nitrogen and oxygen atoms in total. The van der Waals surface area contributed by atoms with Crippen molar-refractivity contribution in [2.24, 2.45) is 23.0 Å². The molecule has 3 unspecified atom stereocenters. The maximum absolute atomic E-state index is 6.10. The Morgan fingerprint density at radius 1 is 1.31 bits per heavy atom. The highest BCUT2D eigenvalue weighted by Gasteiger charge is 2.62. The first-order chi connectivity index (χ1) is 6.10. The van der Waals surface area contributed by atoms with Crippen LogP contribution in [0.2, 0.25) is 0 Å². The molecular formula is C11H19NO. The van der Waals surface area contributed by atoms with Gasteiger partial charge >= 0.3 is 0 Å². The third kappa shape index (κ3) is 0.962. The van der Waals surface area contributed by atoms with Crippen LogP contribution in [0.15, 0.2) is 0 Å². The molecule has 0 radical (unpaired) electrons. The van der Waals surface area contributed by atoms with E-state index < -0.39 is 0 Å². The molecule has 3 fully saturated rings. The highest BCUT2D eigenvalue weighted by Crippen LogP contribution is 2.60. The molecule has 3 aliphatic rings. The fraction of sp³-hybridized carbons (Fsp3) is 1.00. The van der Waals surface area contributed by atoms with Crippen LogP contribution < -0.4 is 5.73 Å². The van der Waals surface area contributed by atoms with E-state index in [1.165, 1.54) is 19.3 Å². The molecule has 1 saturated carbocycles. The van der Waals surface area contributed by atoms with Gasteiger partial charge in [-0.3, -0.25) is 0 Å². The average Bonchev–Trinajstić information content (AvgIpc) is 2.54. The molecule has 3 rings (SSSR count). The summed E-state index contributed by atoms with van der Waals surface area (Å²) in [4.78, 5) is 0. The molecule has 5 atom stereocenters. The molecule has 2 saturated heterocycles. The van der Waals surface area contributed by atoms with Crippen molar-refractivity contribution in [3.63, 3.8) is 0 Å². The van der Waals surface area contributed by atoms with Crippen molar-refractivity contribution in [3.8, 4) is 0 Å². The van der Waals surface area contributed by atoms with Gasteiger partial charge in [0.15, 0.2) is 0 Å². The van der Waals surface area contributed by atoms with E-state index in [0.717, 1.165) is 11.8 Å². The predicted molar refractivity (Wildman–Crippen MR) is 51.2 cm³/mol. The van der Waals surface area contributed by atoms with Crippen molar-refractivity contribution in [2.45, 2.75) is 51.4 Å². The lowest BCUT2D eigenvalue weighted by atomic mass is 9.83. The summed E-state index contributed by atoms with van der Waals surface area (Å²) in [6.07, 6.45) is 5.01. The first kappa shape index (κ1) is 8.25. The molecule has 1 aliphatic carbocycles. The number of rotatable bonds is 1. The van der Waals surface area contributed by atoms with Gasteiger partial charge in [-0.1, -0.05) is 13.8 Å². The first-order valence-electron chi connectivity index (χ1n) is 5.52. The third-order valence-electron chi connectivity index (χ3n) is 4.61. The number of hydrogen-bond acceptors (Lipinski definition) is 2. The minimum atomic E-state index is 0.387. The Bertz CT molecular complexity index is 238. The van der Waals surface area contributed by atoms with Crippen LogP contribution in [0.5, 0.6) is 0 Å². The molecule has 2 heteroatoms.